The quantitative estimate of drug-likeness (QED) is 0.782. The molecule has 7 heteroatoms. The first-order chi connectivity index (χ1) is 9.45. The van der Waals surface area contributed by atoms with Gasteiger partial charge in [-0.05, 0) is 18.4 Å². The third-order valence-corrected chi connectivity index (χ3v) is 4.43. The molecule has 0 aliphatic carbocycles. The van der Waals surface area contributed by atoms with Gasteiger partial charge in [-0.2, -0.15) is 0 Å². The predicted molar refractivity (Wildman–Crippen MR) is 78.4 cm³/mol. The maximum absolute atomic E-state index is 11.2. The zero-order chi connectivity index (χ0) is 14.9. The zero-order valence-electron chi connectivity index (χ0n) is 11.5. The van der Waals surface area contributed by atoms with Crippen LogP contribution in [0.1, 0.15) is 29.1 Å². The van der Waals surface area contributed by atoms with E-state index in [9.17, 15) is 15.0 Å². The van der Waals surface area contributed by atoms with Crippen molar-refractivity contribution in [3.8, 4) is 0 Å². The number of fused-ring (bicyclic) bond motifs is 1. The second kappa shape index (κ2) is 5.72. The highest BCUT2D eigenvalue weighted by atomic mass is 32.1. The molecule has 0 saturated heterocycles. The number of aliphatic hydroxyl groups is 1. The van der Waals surface area contributed by atoms with Gasteiger partial charge in [-0.15, -0.1) is 11.3 Å². The number of aromatic carboxylic acids is 1. The fourth-order valence-electron chi connectivity index (χ4n) is 1.98. The summed E-state index contributed by atoms with van der Waals surface area (Å²) in [6.07, 6.45) is 1.40. The minimum Gasteiger partial charge on any atom is -0.477 e. The highest BCUT2D eigenvalue weighted by Gasteiger charge is 2.20. The van der Waals surface area contributed by atoms with E-state index in [1.807, 2.05) is 13.8 Å². The Bertz CT molecular complexity index is 639. The Morgan fingerprint density at radius 2 is 2.15 bits per heavy atom. The molecule has 20 heavy (non-hydrogen) atoms. The van der Waals surface area contributed by atoms with Gasteiger partial charge in [0.1, 0.15) is 21.9 Å². The lowest BCUT2D eigenvalue weighted by Crippen LogP contribution is -2.30. The maximum Gasteiger partial charge on any atom is 0.346 e. The first-order valence-electron chi connectivity index (χ1n) is 6.30. The van der Waals surface area contributed by atoms with E-state index in [1.54, 1.807) is 6.92 Å². The summed E-state index contributed by atoms with van der Waals surface area (Å²) >= 11 is 1.14. The van der Waals surface area contributed by atoms with Crippen molar-refractivity contribution in [1.82, 2.24) is 9.97 Å². The van der Waals surface area contributed by atoms with Gasteiger partial charge >= 0.3 is 5.97 Å². The molecule has 0 aromatic carbocycles. The fraction of sp³-hybridized carbons (Fsp3) is 0.462. The molecule has 2 heterocycles. The number of carboxylic acids is 1. The summed E-state index contributed by atoms with van der Waals surface area (Å²) in [6.45, 7) is 5.73. The van der Waals surface area contributed by atoms with Crippen molar-refractivity contribution in [3.63, 3.8) is 0 Å². The van der Waals surface area contributed by atoms with Gasteiger partial charge in [0.25, 0.3) is 0 Å². The third-order valence-electron chi connectivity index (χ3n) is 3.24. The van der Waals surface area contributed by atoms with Crippen LogP contribution in [0.4, 0.5) is 5.82 Å². The van der Waals surface area contributed by atoms with E-state index < -0.39 is 5.97 Å². The van der Waals surface area contributed by atoms with Crippen LogP contribution in [-0.2, 0) is 0 Å². The average molecular weight is 295 g/mol. The third kappa shape index (κ3) is 2.59. The highest BCUT2D eigenvalue weighted by Crippen LogP contribution is 2.33. The van der Waals surface area contributed by atoms with Crippen molar-refractivity contribution in [2.24, 2.45) is 5.92 Å². The van der Waals surface area contributed by atoms with Crippen molar-refractivity contribution in [3.05, 3.63) is 16.8 Å². The normalized spacial score (nSPS) is 12.8. The van der Waals surface area contributed by atoms with Crippen LogP contribution in [0.2, 0.25) is 0 Å². The van der Waals surface area contributed by atoms with E-state index in [-0.39, 0.29) is 23.4 Å². The van der Waals surface area contributed by atoms with E-state index in [4.69, 9.17) is 0 Å². The van der Waals surface area contributed by atoms with E-state index in [0.29, 0.717) is 21.6 Å². The highest BCUT2D eigenvalue weighted by molar-refractivity contribution is 7.20. The van der Waals surface area contributed by atoms with E-state index in [2.05, 4.69) is 15.3 Å². The Balaban J connectivity index is 2.51. The van der Waals surface area contributed by atoms with Crippen LogP contribution in [0.5, 0.6) is 0 Å². The summed E-state index contributed by atoms with van der Waals surface area (Å²) in [5, 5.41) is 22.5. The molecule has 0 saturated carbocycles. The molecule has 0 bridgehead atoms. The molecule has 2 aromatic rings. The molecule has 0 fully saturated rings. The number of hydrogen-bond donors (Lipinski definition) is 3. The Morgan fingerprint density at radius 1 is 1.45 bits per heavy atom. The van der Waals surface area contributed by atoms with Crippen LogP contribution in [0.3, 0.4) is 0 Å². The molecule has 0 radical (unpaired) electrons. The van der Waals surface area contributed by atoms with Gasteiger partial charge < -0.3 is 15.5 Å². The van der Waals surface area contributed by atoms with Gasteiger partial charge in [0.15, 0.2) is 0 Å². The maximum atomic E-state index is 11.2. The number of aromatic nitrogens is 2. The van der Waals surface area contributed by atoms with E-state index >= 15 is 0 Å². The second-order valence-electron chi connectivity index (χ2n) is 4.94. The molecule has 0 spiro atoms. The lowest BCUT2D eigenvalue weighted by atomic mass is 10.1. The van der Waals surface area contributed by atoms with Gasteiger partial charge in [-0.3, -0.25) is 0 Å². The zero-order valence-corrected chi connectivity index (χ0v) is 12.4. The molecule has 0 aliphatic rings. The predicted octanol–water partition coefficient (Wildman–Crippen LogP) is 2.13. The summed E-state index contributed by atoms with van der Waals surface area (Å²) in [6, 6.07) is -0.138. The fourth-order valence-corrected chi connectivity index (χ4v) is 2.97. The number of carbonyl (C=O) groups is 1. The molecule has 2 aromatic heterocycles. The standard InChI is InChI=1S/C13H17N3O3S/c1-6(2)8(4-17)16-11-9-7(3)10(13(18)19)20-12(9)15-5-14-11/h5-6,8,17H,4H2,1-3H3,(H,18,19)(H,14,15,16)/t8-/m1/s1. The van der Waals surface area contributed by atoms with Crippen LogP contribution >= 0.6 is 11.3 Å². The molecular weight excluding hydrogens is 278 g/mol. The monoisotopic (exact) mass is 295 g/mol. The molecular formula is C13H17N3O3S. The van der Waals surface area contributed by atoms with Gasteiger partial charge in [0.05, 0.1) is 18.0 Å². The average Bonchev–Trinajstić information content (AvgIpc) is 2.74. The van der Waals surface area contributed by atoms with Crippen LogP contribution in [0, 0.1) is 12.8 Å². The van der Waals surface area contributed by atoms with Crippen LogP contribution in [0.25, 0.3) is 10.2 Å². The van der Waals surface area contributed by atoms with Crippen molar-refractivity contribution in [1.29, 1.82) is 0 Å². The minimum atomic E-state index is -0.959. The minimum absolute atomic E-state index is 0.0157. The van der Waals surface area contributed by atoms with Gasteiger partial charge in [0, 0.05) is 0 Å². The van der Waals surface area contributed by atoms with Crippen molar-refractivity contribution >= 4 is 33.3 Å². The Kier molecular flexibility index (Phi) is 4.20. The molecule has 2 rings (SSSR count). The number of carboxylic acid groups (broad SMARTS) is 1. The molecule has 1 atom stereocenters. The molecule has 0 unspecified atom stereocenters. The van der Waals surface area contributed by atoms with Crippen LogP contribution in [-0.4, -0.2) is 38.8 Å². The summed E-state index contributed by atoms with van der Waals surface area (Å²) in [5.41, 5.74) is 0.654. The molecule has 6 nitrogen and oxygen atoms in total. The van der Waals surface area contributed by atoms with Crippen molar-refractivity contribution < 1.29 is 15.0 Å². The smallest absolute Gasteiger partial charge is 0.346 e. The lowest BCUT2D eigenvalue weighted by Gasteiger charge is -2.20. The van der Waals surface area contributed by atoms with E-state index in [1.165, 1.54) is 6.33 Å². The number of anilines is 1. The van der Waals surface area contributed by atoms with Gasteiger partial charge in [0.2, 0.25) is 0 Å². The number of thiophene rings is 1. The first-order valence-corrected chi connectivity index (χ1v) is 7.12. The number of aliphatic hydroxyl groups excluding tert-OH is 1. The number of hydrogen-bond acceptors (Lipinski definition) is 6. The summed E-state index contributed by atoms with van der Waals surface area (Å²) < 4.78 is 0. The largest absolute Gasteiger partial charge is 0.477 e. The summed E-state index contributed by atoms with van der Waals surface area (Å²) in [4.78, 5) is 20.4. The number of rotatable bonds is 5. The van der Waals surface area contributed by atoms with Crippen molar-refractivity contribution in [2.45, 2.75) is 26.8 Å². The molecule has 0 aliphatic heterocycles. The van der Waals surface area contributed by atoms with Gasteiger partial charge in [-0.25, -0.2) is 14.8 Å². The van der Waals surface area contributed by atoms with Gasteiger partial charge in [-0.1, -0.05) is 13.8 Å². The van der Waals surface area contributed by atoms with Crippen LogP contribution < -0.4 is 5.32 Å². The second-order valence-corrected chi connectivity index (χ2v) is 5.94. The summed E-state index contributed by atoms with van der Waals surface area (Å²) in [5.74, 6) is -0.161. The number of aryl methyl sites for hydroxylation is 1. The Morgan fingerprint density at radius 3 is 2.70 bits per heavy atom. The molecule has 108 valence electrons. The Labute approximate surface area is 120 Å². The Hall–Kier alpha value is -1.73. The summed E-state index contributed by atoms with van der Waals surface area (Å²) in [7, 11) is 0. The van der Waals surface area contributed by atoms with Crippen LogP contribution in [0.15, 0.2) is 6.33 Å². The first kappa shape index (κ1) is 14.7. The SMILES string of the molecule is Cc1c(C(=O)O)sc2ncnc(N[C@H](CO)C(C)C)c12. The van der Waals surface area contributed by atoms with Crippen molar-refractivity contribution in [2.75, 3.05) is 11.9 Å². The lowest BCUT2D eigenvalue weighted by molar-refractivity contribution is 0.0701. The van der Waals surface area contributed by atoms with E-state index in [0.717, 1.165) is 11.3 Å². The number of nitrogens with one attached hydrogen (secondary N) is 1. The topological polar surface area (TPSA) is 95.3 Å². The number of nitrogens with zero attached hydrogens (tertiary/aromatic N) is 2. The molecule has 0 amide bonds. The molecule has 3 N–H and O–H groups in total.